The molecule has 0 saturated heterocycles. The minimum Gasteiger partial charge on any atom is -0.309 e. The number of aliphatic imine (C=N–C) groups is 1. The van der Waals surface area contributed by atoms with Crippen LogP contribution in [0.1, 0.15) is 5.56 Å². The van der Waals surface area contributed by atoms with Crippen molar-refractivity contribution >= 4 is 22.5 Å². The molecule has 0 spiro atoms. The number of nitrogens with one attached hydrogen (secondary N) is 1. The standard InChI is InChI=1S/C13H10N2O/c16-12-8-14-13(15-12)11-6-5-9-3-1-2-4-10(9)7-11/h1-7H,8H2,(H,14,15,16). The van der Waals surface area contributed by atoms with E-state index in [9.17, 15) is 4.79 Å². The van der Waals surface area contributed by atoms with Crippen molar-refractivity contribution in [1.29, 1.82) is 0 Å². The number of fused-ring (bicyclic) bond motifs is 1. The Bertz CT molecular complexity index is 602. The molecule has 0 unspecified atom stereocenters. The average molecular weight is 210 g/mol. The number of carbonyl (C=O) groups is 1. The summed E-state index contributed by atoms with van der Waals surface area (Å²) in [6.45, 7) is 0.238. The minimum atomic E-state index is -0.0387. The quantitative estimate of drug-likeness (QED) is 0.765. The molecule has 1 aliphatic heterocycles. The van der Waals surface area contributed by atoms with E-state index in [4.69, 9.17) is 0 Å². The second-order valence-corrected chi connectivity index (χ2v) is 3.77. The van der Waals surface area contributed by atoms with Crippen LogP contribution in [0.25, 0.3) is 10.8 Å². The number of amides is 1. The van der Waals surface area contributed by atoms with Gasteiger partial charge in [-0.25, -0.2) is 0 Å². The molecule has 16 heavy (non-hydrogen) atoms. The molecule has 0 fully saturated rings. The SMILES string of the molecule is O=C1CN=C(c2ccc3ccccc3c2)N1. The van der Waals surface area contributed by atoms with E-state index < -0.39 is 0 Å². The van der Waals surface area contributed by atoms with Gasteiger partial charge in [0.15, 0.2) is 0 Å². The first-order valence-electron chi connectivity index (χ1n) is 5.16. The average Bonchev–Trinajstić information content (AvgIpc) is 2.75. The fourth-order valence-electron chi connectivity index (χ4n) is 1.86. The lowest BCUT2D eigenvalue weighted by molar-refractivity contribution is -0.117. The summed E-state index contributed by atoms with van der Waals surface area (Å²) in [5, 5.41) is 5.09. The van der Waals surface area contributed by atoms with E-state index in [-0.39, 0.29) is 12.5 Å². The van der Waals surface area contributed by atoms with Crippen molar-refractivity contribution in [1.82, 2.24) is 5.32 Å². The van der Waals surface area contributed by atoms with Crippen LogP contribution in [-0.2, 0) is 4.79 Å². The van der Waals surface area contributed by atoms with Crippen molar-refractivity contribution in [2.45, 2.75) is 0 Å². The highest BCUT2D eigenvalue weighted by Gasteiger charge is 2.14. The molecule has 1 heterocycles. The number of carbonyl (C=O) groups excluding carboxylic acids is 1. The molecule has 2 aromatic carbocycles. The summed E-state index contributed by atoms with van der Waals surface area (Å²) in [6.07, 6.45) is 0. The second kappa shape index (κ2) is 3.45. The molecule has 2 aromatic rings. The van der Waals surface area contributed by atoms with Crippen LogP contribution in [0.4, 0.5) is 0 Å². The van der Waals surface area contributed by atoms with Gasteiger partial charge < -0.3 is 5.32 Å². The zero-order valence-electron chi connectivity index (χ0n) is 8.60. The van der Waals surface area contributed by atoms with Crippen LogP contribution in [0, 0.1) is 0 Å². The molecule has 3 heteroatoms. The van der Waals surface area contributed by atoms with Gasteiger partial charge in [0.1, 0.15) is 12.4 Å². The van der Waals surface area contributed by atoms with Crippen LogP contribution in [0.15, 0.2) is 47.5 Å². The van der Waals surface area contributed by atoms with Gasteiger partial charge in [0.25, 0.3) is 0 Å². The first kappa shape index (κ1) is 9.09. The maximum atomic E-state index is 11.1. The summed E-state index contributed by atoms with van der Waals surface area (Å²) in [5.41, 5.74) is 0.963. The molecule has 1 aliphatic rings. The van der Waals surface area contributed by atoms with Gasteiger partial charge in [-0.05, 0) is 16.8 Å². The van der Waals surface area contributed by atoms with Gasteiger partial charge >= 0.3 is 0 Å². The van der Waals surface area contributed by atoms with Gasteiger partial charge in [-0.2, -0.15) is 0 Å². The van der Waals surface area contributed by atoms with Gasteiger partial charge in [-0.15, -0.1) is 0 Å². The lowest BCUT2D eigenvalue weighted by Crippen LogP contribution is -2.25. The molecule has 78 valence electrons. The highest BCUT2D eigenvalue weighted by atomic mass is 16.2. The summed E-state index contributed by atoms with van der Waals surface area (Å²) < 4.78 is 0. The third kappa shape index (κ3) is 1.46. The van der Waals surface area contributed by atoms with E-state index in [0.717, 1.165) is 10.9 Å². The second-order valence-electron chi connectivity index (χ2n) is 3.77. The molecule has 3 rings (SSSR count). The Kier molecular flexibility index (Phi) is 1.96. The normalized spacial score (nSPS) is 15.0. The topological polar surface area (TPSA) is 41.5 Å². The smallest absolute Gasteiger partial charge is 0.247 e. The van der Waals surface area contributed by atoms with Crippen LogP contribution < -0.4 is 5.32 Å². The predicted molar refractivity (Wildman–Crippen MR) is 63.5 cm³/mol. The largest absolute Gasteiger partial charge is 0.309 e. The van der Waals surface area contributed by atoms with E-state index >= 15 is 0 Å². The number of benzene rings is 2. The van der Waals surface area contributed by atoms with Gasteiger partial charge in [-0.1, -0.05) is 36.4 Å². The van der Waals surface area contributed by atoms with E-state index in [2.05, 4.69) is 22.4 Å². The van der Waals surface area contributed by atoms with E-state index in [1.54, 1.807) is 0 Å². The Morgan fingerprint density at radius 2 is 1.88 bits per heavy atom. The molecule has 0 bridgehead atoms. The Hall–Kier alpha value is -2.16. The lowest BCUT2D eigenvalue weighted by atomic mass is 10.1. The summed E-state index contributed by atoms with van der Waals surface area (Å²) in [4.78, 5) is 15.2. The number of rotatable bonds is 1. The van der Waals surface area contributed by atoms with Crippen molar-refractivity contribution in [2.24, 2.45) is 4.99 Å². The van der Waals surface area contributed by atoms with Crippen molar-refractivity contribution < 1.29 is 4.79 Å². The molecule has 1 amide bonds. The summed E-state index contributed by atoms with van der Waals surface area (Å²) >= 11 is 0. The Morgan fingerprint density at radius 3 is 2.62 bits per heavy atom. The molecule has 3 nitrogen and oxygen atoms in total. The zero-order chi connectivity index (χ0) is 11.0. The Morgan fingerprint density at radius 1 is 1.06 bits per heavy atom. The monoisotopic (exact) mass is 210 g/mol. The minimum absolute atomic E-state index is 0.0387. The lowest BCUT2D eigenvalue weighted by Gasteiger charge is -2.03. The third-order valence-corrected chi connectivity index (χ3v) is 2.66. The van der Waals surface area contributed by atoms with Crippen LogP contribution in [0.5, 0.6) is 0 Å². The van der Waals surface area contributed by atoms with E-state index in [0.29, 0.717) is 5.84 Å². The fraction of sp³-hybridized carbons (Fsp3) is 0.0769. The first-order chi connectivity index (χ1) is 7.83. The molecule has 0 aliphatic carbocycles. The maximum absolute atomic E-state index is 11.1. The van der Waals surface area contributed by atoms with Crippen LogP contribution in [-0.4, -0.2) is 18.3 Å². The summed E-state index contributed by atoms with van der Waals surface area (Å²) in [7, 11) is 0. The van der Waals surface area contributed by atoms with Crippen LogP contribution in [0.3, 0.4) is 0 Å². The van der Waals surface area contributed by atoms with Crippen molar-refractivity contribution in [2.75, 3.05) is 6.54 Å². The molecule has 0 atom stereocenters. The molecule has 0 aromatic heterocycles. The van der Waals surface area contributed by atoms with E-state index in [1.165, 1.54) is 5.39 Å². The number of nitrogens with zero attached hydrogens (tertiary/aromatic N) is 1. The number of amidine groups is 1. The predicted octanol–water partition coefficient (Wildman–Crippen LogP) is 1.72. The molecular formula is C13H10N2O. The highest BCUT2D eigenvalue weighted by molar-refractivity contribution is 6.13. The maximum Gasteiger partial charge on any atom is 0.247 e. The van der Waals surface area contributed by atoms with Gasteiger partial charge in [0.2, 0.25) is 5.91 Å². The number of hydrogen-bond donors (Lipinski definition) is 1. The summed E-state index contributed by atoms with van der Waals surface area (Å²) in [6, 6.07) is 14.2. The van der Waals surface area contributed by atoms with Crippen molar-refractivity contribution in [3.05, 3.63) is 48.0 Å². The Labute approximate surface area is 92.8 Å². The van der Waals surface area contributed by atoms with E-state index in [1.807, 2.05) is 30.3 Å². The van der Waals surface area contributed by atoms with Crippen LogP contribution in [0.2, 0.25) is 0 Å². The number of hydrogen-bond acceptors (Lipinski definition) is 2. The van der Waals surface area contributed by atoms with Gasteiger partial charge in [-0.3, -0.25) is 9.79 Å². The molecule has 0 saturated carbocycles. The van der Waals surface area contributed by atoms with Gasteiger partial charge in [0, 0.05) is 5.56 Å². The first-order valence-corrected chi connectivity index (χ1v) is 5.16. The molecule has 0 radical (unpaired) electrons. The summed E-state index contributed by atoms with van der Waals surface area (Å²) in [5.74, 6) is 0.638. The molecular weight excluding hydrogens is 200 g/mol. The van der Waals surface area contributed by atoms with Crippen molar-refractivity contribution in [3.63, 3.8) is 0 Å². The fourth-order valence-corrected chi connectivity index (χ4v) is 1.86. The zero-order valence-corrected chi connectivity index (χ0v) is 8.60. The third-order valence-electron chi connectivity index (χ3n) is 2.66. The Balaban J connectivity index is 2.09. The highest BCUT2D eigenvalue weighted by Crippen LogP contribution is 2.16. The van der Waals surface area contributed by atoms with Crippen LogP contribution >= 0.6 is 0 Å². The van der Waals surface area contributed by atoms with Crippen molar-refractivity contribution in [3.8, 4) is 0 Å². The molecule has 1 N–H and O–H groups in total. The van der Waals surface area contributed by atoms with Gasteiger partial charge in [0.05, 0.1) is 0 Å².